The lowest BCUT2D eigenvalue weighted by Gasteiger charge is -1.99. The van der Waals surface area contributed by atoms with E-state index in [2.05, 4.69) is 16.8 Å². The molecule has 1 rings (SSSR count). The molecule has 0 amide bonds. The molecule has 0 saturated heterocycles. The van der Waals surface area contributed by atoms with E-state index in [0.717, 1.165) is 0 Å². The second kappa shape index (κ2) is 2.62. The van der Waals surface area contributed by atoms with Gasteiger partial charge in [0.25, 0.3) is 0 Å². The molecule has 0 atom stereocenters. The van der Waals surface area contributed by atoms with Crippen molar-refractivity contribution in [3.63, 3.8) is 0 Å². The highest BCUT2D eigenvalue weighted by Crippen LogP contribution is 2.27. The Morgan fingerprint density at radius 1 is 1.20 bits per heavy atom. The van der Waals surface area contributed by atoms with Crippen LogP contribution in [0.5, 0.6) is 0 Å². The monoisotopic (exact) mass is 153 g/mol. The highest BCUT2D eigenvalue weighted by Gasteiger charge is 1.98. The largest absolute Gasteiger partial charge is 0.397 e. The van der Waals surface area contributed by atoms with Crippen LogP contribution < -0.4 is 11.5 Å². The standard InChI is InChI=1S/C6H7N3S/c7-4-2-1-3-5(8)6(4)9-10/h1-3H,7-8H2. The molecule has 4 heteroatoms. The van der Waals surface area contributed by atoms with E-state index in [-0.39, 0.29) is 0 Å². The van der Waals surface area contributed by atoms with E-state index >= 15 is 0 Å². The van der Waals surface area contributed by atoms with Gasteiger partial charge in [-0.25, -0.2) is 0 Å². The van der Waals surface area contributed by atoms with Crippen LogP contribution in [0.15, 0.2) is 22.6 Å². The number of benzene rings is 1. The third kappa shape index (κ3) is 1.06. The summed E-state index contributed by atoms with van der Waals surface area (Å²) in [5.74, 6) is 0. The lowest BCUT2D eigenvalue weighted by atomic mass is 10.2. The Morgan fingerprint density at radius 3 is 2.00 bits per heavy atom. The molecule has 4 N–H and O–H groups in total. The Hall–Kier alpha value is -1.16. The first-order valence-electron chi connectivity index (χ1n) is 2.73. The predicted molar refractivity (Wildman–Crippen MR) is 44.7 cm³/mol. The molecule has 0 unspecified atom stereocenters. The maximum absolute atomic E-state index is 5.49. The molecule has 0 radical (unpaired) electrons. The molecule has 0 bridgehead atoms. The molecule has 0 spiro atoms. The Labute approximate surface area is 64.2 Å². The van der Waals surface area contributed by atoms with Crippen LogP contribution in [0.25, 0.3) is 0 Å². The number of anilines is 2. The van der Waals surface area contributed by atoms with Gasteiger partial charge in [0.1, 0.15) is 5.69 Å². The van der Waals surface area contributed by atoms with Crippen molar-refractivity contribution >= 4 is 29.5 Å². The minimum absolute atomic E-state index is 0.498. The van der Waals surface area contributed by atoms with E-state index in [1.54, 1.807) is 18.2 Å². The first-order valence-corrected chi connectivity index (χ1v) is 3.09. The molecule has 0 heterocycles. The Kier molecular flexibility index (Phi) is 1.82. The Morgan fingerprint density at radius 2 is 1.70 bits per heavy atom. The lowest BCUT2D eigenvalue weighted by Crippen LogP contribution is -1.90. The topological polar surface area (TPSA) is 64.4 Å². The molecule has 1 aromatic rings. The summed E-state index contributed by atoms with van der Waals surface area (Å²) in [6, 6.07) is 5.18. The van der Waals surface area contributed by atoms with Crippen LogP contribution in [0.2, 0.25) is 0 Å². The molecule has 0 aliphatic rings. The number of rotatable bonds is 1. The van der Waals surface area contributed by atoms with E-state index < -0.39 is 0 Å². The van der Waals surface area contributed by atoms with Gasteiger partial charge in [-0.2, -0.15) is 4.36 Å². The molecular weight excluding hydrogens is 146 g/mol. The SMILES string of the molecule is Nc1cccc(N)c1N=S. The molecule has 1 aromatic carbocycles. The fourth-order valence-corrected chi connectivity index (χ4v) is 0.896. The van der Waals surface area contributed by atoms with E-state index in [0.29, 0.717) is 17.1 Å². The highest BCUT2D eigenvalue weighted by molar-refractivity contribution is 7.47. The zero-order valence-electron chi connectivity index (χ0n) is 5.24. The first kappa shape index (κ1) is 6.95. The van der Waals surface area contributed by atoms with E-state index in [1.165, 1.54) is 0 Å². The van der Waals surface area contributed by atoms with Crippen molar-refractivity contribution in [1.29, 1.82) is 0 Å². The van der Waals surface area contributed by atoms with Crippen LogP contribution in [0.3, 0.4) is 0 Å². The summed E-state index contributed by atoms with van der Waals surface area (Å²) in [5, 5.41) is 0. The molecule has 0 aromatic heterocycles. The Balaban J connectivity index is 3.30. The quantitative estimate of drug-likeness (QED) is 0.596. The van der Waals surface area contributed by atoms with Crippen LogP contribution in [0, 0.1) is 0 Å². The third-order valence-electron chi connectivity index (χ3n) is 1.19. The van der Waals surface area contributed by atoms with Gasteiger partial charge < -0.3 is 11.5 Å². The maximum Gasteiger partial charge on any atom is 0.123 e. The lowest BCUT2D eigenvalue weighted by molar-refractivity contribution is 1.56. The summed E-state index contributed by atoms with van der Waals surface area (Å²) in [6.45, 7) is 0. The summed E-state index contributed by atoms with van der Waals surface area (Å²) in [5.41, 5.74) is 12.5. The number of nitrogen functional groups attached to an aromatic ring is 2. The van der Waals surface area contributed by atoms with Crippen LogP contribution in [0.1, 0.15) is 0 Å². The third-order valence-corrected chi connectivity index (χ3v) is 1.37. The van der Waals surface area contributed by atoms with Crippen LogP contribution in [-0.4, -0.2) is 0 Å². The van der Waals surface area contributed by atoms with Gasteiger partial charge in [0.2, 0.25) is 0 Å². The van der Waals surface area contributed by atoms with E-state index in [1.807, 2.05) is 0 Å². The minimum atomic E-state index is 0.498. The zero-order valence-corrected chi connectivity index (χ0v) is 6.06. The summed E-state index contributed by atoms with van der Waals surface area (Å²) in [7, 11) is 0. The highest BCUT2D eigenvalue weighted by atomic mass is 32.1. The first-order chi connectivity index (χ1) is 4.75. The van der Waals surface area contributed by atoms with Gasteiger partial charge in [0.05, 0.1) is 11.4 Å². The molecule has 10 heavy (non-hydrogen) atoms. The summed E-state index contributed by atoms with van der Waals surface area (Å²) >= 11 is 4.46. The van der Waals surface area contributed by atoms with Gasteiger partial charge in [0.15, 0.2) is 0 Å². The van der Waals surface area contributed by atoms with Gasteiger partial charge in [-0.15, -0.1) is 0 Å². The van der Waals surface area contributed by atoms with Gasteiger partial charge in [-0.3, -0.25) is 0 Å². The van der Waals surface area contributed by atoms with Crippen LogP contribution in [-0.2, 0) is 12.4 Å². The molecule has 0 fully saturated rings. The average Bonchev–Trinajstić information content (AvgIpc) is 1.88. The van der Waals surface area contributed by atoms with Crippen LogP contribution >= 0.6 is 0 Å². The van der Waals surface area contributed by atoms with E-state index in [9.17, 15) is 0 Å². The van der Waals surface area contributed by atoms with Crippen molar-refractivity contribution in [2.45, 2.75) is 0 Å². The smallest absolute Gasteiger partial charge is 0.123 e. The summed E-state index contributed by atoms with van der Waals surface area (Å²) in [4.78, 5) is 0. The van der Waals surface area contributed by atoms with Crippen LogP contribution in [0.4, 0.5) is 17.1 Å². The predicted octanol–water partition coefficient (Wildman–Crippen LogP) is 1.21. The number of hydrogen-bond acceptors (Lipinski definition) is 4. The van der Waals surface area contributed by atoms with Crippen molar-refractivity contribution < 1.29 is 0 Å². The minimum Gasteiger partial charge on any atom is -0.397 e. The fraction of sp³-hybridized carbons (Fsp3) is 0. The molecule has 3 nitrogen and oxygen atoms in total. The molecular formula is C6H7N3S. The van der Waals surface area contributed by atoms with E-state index in [4.69, 9.17) is 11.5 Å². The Bertz CT molecular complexity index is 239. The van der Waals surface area contributed by atoms with Gasteiger partial charge in [0, 0.05) is 12.4 Å². The second-order valence-electron chi connectivity index (χ2n) is 1.88. The van der Waals surface area contributed by atoms with Crippen molar-refractivity contribution in [2.24, 2.45) is 4.36 Å². The average molecular weight is 153 g/mol. The van der Waals surface area contributed by atoms with Gasteiger partial charge in [-0.05, 0) is 12.1 Å². The van der Waals surface area contributed by atoms with Gasteiger partial charge in [-0.1, -0.05) is 6.07 Å². The zero-order chi connectivity index (χ0) is 7.56. The summed E-state index contributed by atoms with van der Waals surface area (Å²) in [6.07, 6.45) is 0. The van der Waals surface area contributed by atoms with Gasteiger partial charge >= 0.3 is 0 Å². The maximum atomic E-state index is 5.49. The normalized spacial score (nSPS) is 9.20. The summed E-state index contributed by atoms with van der Waals surface area (Å²) < 4.78 is 3.50. The molecule has 0 saturated carbocycles. The number of nitrogens with two attached hydrogens (primary N) is 2. The van der Waals surface area contributed by atoms with Crippen molar-refractivity contribution in [3.05, 3.63) is 18.2 Å². The fourth-order valence-electron chi connectivity index (χ4n) is 0.685. The van der Waals surface area contributed by atoms with Crippen molar-refractivity contribution in [3.8, 4) is 0 Å². The molecule has 0 aliphatic carbocycles. The second-order valence-corrected chi connectivity index (χ2v) is 2.06. The number of nitrogens with zero attached hydrogens (tertiary/aromatic N) is 1. The molecule has 52 valence electrons. The number of hydrogen-bond donors (Lipinski definition) is 2. The molecule has 0 aliphatic heterocycles. The van der Waals surface area contributed by atoms with Crippen molar-refractivity contribution in [1.82, 2.24) is 0 Å². The van der Waals surface area contributed by atoms with Crippen molar-refractivity contribution in [2.75, 3.05) is 11.5 Å².